The SMILES string of the molecule is COC(C)C(C)Nc1ncccc1C. The Hall–Kier alpha value is -1.09. The van der Waals surface area contributed by atoms with Crippen molar-refractivity contribution in [3.05, 3.63) is 23.9 Å². The number of methoxy groups -OCH3 is 1. The third-order valence-electron chi connectivity index (χ3n) is 2.45. The van der Waals surface area contributed by atoms with E-state index in [9.17, 15) is 0 Å². The maximum absolute atomic E-state index is 5.23. The van der Waals surface area contributed by atoms with Gasteiger partial charge in [-0.1, -0.05) is 6.07 Å². The summed E-state index contributed by atoms with van der Waals surface area (Å²) in [4.78, 5) is 4.27. The highest BCUT2D eigenvalue weighted by atomic mass is 16.5. The van der Waals surface area contributed by atoms with Crippen LogP contribution in [0.5, 0.6) is 0 Å². The van der Waals surface area contributed by atoms with Crippen molar-refractivity contribution in [2.75, 3.05) is 12.4 Å². The van der Waals surface area contributed by atoms with E-state index in [1.165, 1.54) is 0 Å². The van der Waals surface area contributed by atoms with E-state index >= 15 is 0 Å². The lowest BCUT2D eigenvalue weighted by Crippen LogP contribution is -2.30. The van der Waals surface area contributed by atoms with E-state index in [4.69, 9.17) is 4.74 Å². The molecule has 2 atom stereocenters. The molecule has 3 heteroatoms. The van der Waals surface area contributed by atoms with Gasteiger partial charge in [-0.15, -0.1) is 0 Å². The molecule has 1 aromatic heterocycles. The smallest absolute Gasteiger partial charge is 0.129 e. The maximum atomic E-state index is 5.23. The molecule has 0 fully saturated rings. The number of aromatic nitrogens is 1. The van der Waals surface area contributed by atoms with Gasteiger partial charge in [-0.3, -0.25) is 0 Å². The number of rotatable bonds is 4. The second kappa shape index (κ2) is 4.96. The van der Waals surface area contributed by atoms with Gasteiger partial charge in [0, 0.05) is 13.3 Å². The van der Waals surface area contributed by atoms with Gasteiger partial charge in [0.1, 0.15) is 5.82 Å². The normalized spacial score (nSPS) is 14.9. The summed E-state index contributed by atoms with van der Waals surface area (Å²) in [7, 11) is 1.72. The Bertz CT molecular complexity index is 288. The van der Waals surface area contributed by atoms with Crippen molar-refractivity contribution in [3.63, 3.8) is 0 Å². The number of aryl methyl sites for hydroxylation is 1. The van der Waals surface area contributed by atoms with Crippen molar-refractivity contribution in [1.29, 1.82) is 0 Å². The number of nitrogens with zero attached hydrogens (tertiary/aromatic N) is 1. The van der Waals surface area contributed by atoms with Gasteiger partial charge in [0.15, 0.2) is 0 Å². The second-order valence-electron chi connectivity index (χ2n) is 3.54. The average Bonchev–Trinajstić information content (AvgIpc) is 2.20. The first kappa shape index (κ1) is 11.0. The molecule has 3 nitrogen and oxygen atoms in total. The Balaban J connectivity index is 2.64. The first-order chi connectivity index (χ1) is 6.65. The molecule has 1 heterocycles. The number of pyridine rings is 1. The summed E-state index contributed by atoms with van der Waals surface area (Å²) in [6.07, 6.45) is 1.97. The van der Waals surface area contributed by atoms with E-state index in [2.05, 4.69) is 17.2 Å². The van der Waals surface area contributed by atoms with Crippen LogP contribution in [0, 0.1) is 6.92 Å². The van der Waals surface area contributed by atoms with Crippen LogP contribution in [-0.2, 0) is 4.74 Å². The molecular formula is C11H18N2O. The van der Waals surface area contributed by atoms with Gasteiger partial charge in [0.05, 0.1) is 12.1 Å². The third-order valence-corrected chi connectivity index (χ3v) is 2.45. The fraction of sp³-hybridized carbons (Fsp3) is 0.545. The molecule has 0 spiro atoms. The molecule has 0 saturated heterocycles. The van der Waals surface area contributed by atoms with Crippen molar-refractivity contribution in [2.45, 2.75) is 32.9 Å². The minimum atomic E-state index is 0.177. The van der Waals surface area contributed by atoms with Gasteiger partial charge in [-0.25, -0.2) is 4.98 Å². The Morgan fingerprint density at radius 1 is 1.43 bits per heavy atom. The lowest BCUT2D eigenvalue weighted by Gasteiger charge is -2.21. The summed E-state index contributed by atoms with van der Waals surface area (Å²) in [6, 6.07) is 4.23. The Kier molecular flexibility index (Phi) is 3.89. The molecule has 0 amide bonds. The summed E-state index contributed by atoms with van der Waals surface area (Å²) in [6.45, 7) is 6.16. The van der Waals surface area contributed by atoms with E-state index in [0.29, 0.717) is 0 Å². The standard InChI is InChI=1S/C11H18N2O/c1-8-6-5-7-12-11(8)13-9(2)10(3)14-4/h5-7,9-10H,1-4H3,(H,12,13). The number of hydrogen-bond acceptors (Lipinski definition) is 3. The first-order valence-corrected chi connectivity index (χ1v) is 4.86. The van der Waals surface area contributed by atoms with Gasteiger partial charge in [-0.05, 0) is 32.4 Å². The van der Waals surface area contributed by atoms with Crippen LogP contribution in [-0.4, -0.2) is 24.2 Å². The molecule has 0 aromatic carbocycles. The van der Waals surface area contributed by atoms with Crippen molar-refractivity contribution in [2.24, 2.45) is 0 Å². The molecule has 0 saturated carbocycles. The van der Waals surface area contributed by atoms with Crippen LogP contribution >= 0.6 is 0 Å². The van der Waals surface area contributed by atoms with E-state index in [0.717, 1.165) is 11.4 Å². The topological polar surface area (TPSA) is 34.1 Å². The molecule has 0 radical (unpaired) electrons. The minimum Gasteiger partial charge on any atom is -0.380 e. The Morgan fingerprint density at radius 3 is 2.71 bits per heavy atom. The summed E-state index contributed by atoms with van der Waals surface area (Å²) in [5, 5.41) is 3.32. The highest BCUT2D eigenvalue weighted by molar-refractivity contribution is 5.43. The van der Waals surface area contributed by atoms with Gasteiger partial charge in [0.25, 0.3) is 0 Å². The van der Waals surface area contributed by atoms with Gasteiger partial charge < -0.3 is 10.1 Å². The summed E-state index contributed by atoms with van der Waals surface area (Å²) in [5.41, 5.74) is 1.16. The van der Waals surface area contributed by atoms with Crippen molar-refractivity contribution >= 4 is 5.82 Å². The Morgan fingerprint density at radius 2 is 2.14 bits per heavy atom. The van der Waals surface area contributed by atoms with Crippen LogP contribution in [0.15, 0.2) is 18.3 Å². The molecule has 0 aliphatic carbocycles. The molecule has 0 bridgehead atoms. The van der Waals surface area contributed by atoms with Crippen LogP contribution < -0.4 is 5.32 Å². The molecule has 1 aromatic rings. The fourth-order valence-electron chi connectivity index (χ4n) is 1.17. The minimum absolute atomic E-state index is 0.177. The zero-order valence-corrected chi connectivity index (χ0v) is 9.24. The van der Waals surface area contributed by atoms with Crippen LogP contribution in [0.1, 0.15) is 19.4 Å². The Labute approximate surface area is 85.5 Å². The van der Waals surface area contributed by atoms with Gasteiger partial charge in [-0.2, -0.15) is 0 Å². The third kappa shape index (κ3) is 2.70. The van der Waals surface area contributed by atoms with E-state index in [-0.39, 0.29) is 12.1 Å². The van der Waals surface area contributed by atoms with Crippen molar-refractivity contribution in [3.8, 4) is 0 Å². The van der Waals surface area contributed by atoms with Crippen LogP contribution in [0.3, 0.4) is 0 Å². The summed E-state index contributed by atoms with van der Waals surface area (Å²) < 4.78 is 5.23. The van der Waals surface area contributed by atoms with Crippen LogP contribution in [0.4, 0.5) is 5.82 Å². The fourth-order valence-corrected chi connectivity index (χ4v) is 1.17. The highest BCUT2D eigenvalue weighted by Crippen LogP contribution is 2.12. The molecule has 0 aliphatic rings. The largest absolute Gasteiger partial charge is 0.380 e. The molecule has 14 heavy (non-hydrogen) atoms. The zero-order valence-electron chi connectivity index (χ0n) is 9.24. The number of hydrogen-bond donors (Lipinski definition) is 1. The number of nitrogens with one attached hydrogen (secondary N) is 1. The maximum Gasteiger partial charge on any atom is 0.129 e. The van der Waals surface area contributed by atoms with Crippen molar-refractivity contribution < 1.29 is 4.74 Å². The lowest BCUT2D eigenvalue weighted by molar-refractivity contribution is 0.106. The molecule has 2 unspecified atom stereocenters. The van der Waals surface area contributed by atoms with E-state index in [1.54, 1.807) is 13.3 Å². The van der Waals surface area contributed by atoms with Crippen LogP contribution in [0.25, 0.3) is 0 Å². The van der Waals surface area contributed by atoms with E-state index in [1.807, 2.05) is 26.0 Å². The zero-order chi connectivity index (χ0) is 10.6. The average molecular weight is 194 g/mol. The quantitative estimate of drug-likeness (QED) is 0.798. The van der Waals surface area contributed by atoms with Crippen molar-refractivity contribution in [1.82, 2.24) is 4.98 Å². The monoisotopic (exact) mass is 194 g/mol. The molecule has 0 aliphatic heterocycles. The molecule has 1 N–H and O–H groups in total. The van der Waals surface area contributed by atoms with E-state index < -0.39 is 0 Å². The molecule has 78 valence electrons. The summed E-state index contributed by atoms with van der Waals surface area (Å²) in [5.74, 6) is 0.934. The summed E-state index contributed by atoms with van der Waals surface area (Å²) >= 11 is 0. The first-order valence-electron chi connectivity index (χ1n) is 4.86. The predicted octanol–water partition coefficient (Wildman–Crippen LogP) is 2.23. The second-order valence-corrected chi connectivity index (χ2v) is 3.54. The highest BCUT2D eigenvalue weighted by Gasteiger charge is 2.11. The van der Waals surface area contributed by atoms with Gasteiger partial charge in [0.2, 0.25) is 0 Å². The molecular weight excluding hydrogens is 176 g/mol. The van der Waals surface area contributed by atoms with Gasteiger partial charge >= 0.3 is 0 Å². The number of anilines is 1. The predicted molar refractivity (Wildman–Crippen MR) is 58.5 cm³/mol. The van der Waals surface area contributed by atoms with Crippen LogP contribution in [0.2, 0.25) is 0 Å². The lowest BCUT2D eigenvalue weighted by atomic mass is 10.2. The molecule has 1 rings (SSSR count). The number of ether oxygens (including phenoxy) is 1.